The summed E-state index contributed by atoms with van der Waals surface area (Å²) in [6.07, 6.45) is 3.56. The number of aliphatic carboxylic acids is 1. The fourth-order valence-electron chi connectivity index (χ4n) is 4.78. The molecular weight excluding hydrogens is 412 g/mol. The Morgan fingerprint density at radius 3 is 2.56 bits per heavy atom. The zero-order valence-electron chi connectivity index (χ0n) is 18.2. The highest BCUT2D eigenvalue weighted by molar-refractivity contribution is 6.05. The Hall–Kier alpha value is -2.94. The van der Waals surface area contributed by atoms with E-state index in [1.54, 1.807) is 4.90 Å². The first-order valence-corrected chi connectivity index (χ1v) is 11.4. The monoisotopic (exact) mass is 442 g/mol. The van der Waals surface area contributed by atoms with Crippen molar-refractivity contribution in [3.63, 3.8) is 0 Å². The molecule has 2 N–H and O–H groups in total. The molecule has 4 rings (SSSR count). The van der Waals surface area contributed by atoms with E-state index >= 15 is 0 Å². The van der Waals surface area contributed by atoms with Crippen molar-refractivity contribution in [3.8, 4) is 0 Å². The molecule has 0 aliphatic carbocycles. The van der Waals surface area contributed by atoms with Gasteiger partial charge in [0.05, 0.1) is 0 Å². The third-order valence-electron chi connectivity index (χ3n) is 6.61. The van der Waals surface area contributed by atoms with Gasteiger partial charge in [-0.25, -0.2) is 0 Å². The molecule has 2 fully saturated rings. The largest absolute Gasteiger partial charge is 0.481 e. The number of unbranched alkanes of at least 4 members (excludes halogenated alkanes) is 2. The van der Waals surface area contributed by atoms with Crippen molar-refractivity contribution in [2.45, 2.75) is 51.1 Å². The summed E-state index contributed by atoms with van der Waals surface area (Å²) in [4.78, 5) is 53.4. The predicted molar refractivity (Wildman–Crippen MR) is 117 cm³/mol. The number of carboxylic acids is 1. The summed E-state index contributed by atoms with van der Waals surface area (Å²) in [6.45, 7) is 5.10. The number of fused-ring (bicyclic) bond motifs is 1. The molecule has 1 aromatic rings. The van der Waals surface area contributed by atoms with E-state index in [4.69, 9.17) is 5.11 Å². The molecule has 172 valence electrons. The lowest BCUT2D eigenvalue weighted by Crippen LogP contribution is -2.52. The normalized spacial score (nSPS) is 21.6. The molecule has 0 spiro atoms. The van der Waals surface area contributed by atoms with Crippen LogP contribution in [-0.4, -0.2) is 77.4 Å². The topological polar surface area (TPSA) is 110 Å². The number of amides is 3. The number of benzene rings is 1. The van der Waals surface area contributed by atoms with E-state index in [1.807, 2.05) is 12.1 Å². The summed E-state index contributed by atoms with van der Waals surface area (Å²) in [7, 11) is 0. The average Bonchev–Trinajstić information content (AvgIpc) is 3.09. The van der Waals surface area contributed by atoms with Gasteiger partial charge in [-0.15, -0.1) is 0 Å². The highest BCUT2D eigenvalue weighted by Crippen LogP contribution is 2.31. The minimum Gasteiger partial charge on any atom is -0.481 e. The Labute approximate surface area is 187 Å². The fourth-order valence-corrected chi connectivity index (χ4v) is 4.78. The number of piperazine rings is 1. The second kappa shape index (κ2) is 9.68. The van der Waals surface area contributed by atoms with Crippen LogP contribution in [0.2, 0.25) is 0 Å². The van der Waals surface area contributed by atoms with Crippen LogP contribution in [0.15, 0.2) is 18.2 Å². The Morgan fingerprint density at radius 1 is 1.06 bits per heavy atom. The van der Waals surface area contributed by atoms with Crippen LogP contribution < -0.4 is 10.2 Å². The van der Waals surface area contributed by atoms with Crippen LogP contribution >= 0.6 is 0 Å². The summed E-state index contributed by atoms with van der Waals surface area (Å²) in [5.74, 6) is -1.54. The number of hydrogen-bond donors (Lipinski definition) is 2. The molecule has 9 heteroatoms. The summed E-state index contributed by atoms with van der Waals surface area (Å²) in [5, 5.41) is 11.0. The smallest absolute Gasteiger partial charge is 0.303 e. The maximum absolute atomic E-state index is 12.8. The van der Waals surface area contributed by atoms with Gasteiger partial charge in [0, 0.05) is 56.8 Å². The average molecular weight is 443 g/mol. The van der Waals surface area contributed by atoms with Crippen molar-refractivity contribution in [1.29, 1.82) is 0 Å². The minimum absolute atomic E-state index is 0.145. The molecule has 3 amide bonds. The Kier molecular flexibility index (Phi) is 6.74. The quantitative estimate of drug-likeness (QED) is 0.460. The first kappa shape index (κ1) is 22.3. The van der Waals surface area contributed by atoms with E-state index in [9.17, 15) is 19.2 Å². The number of carboxylic acid groups (broad SMARTS) is 1. The lowest BCUT2D eigenvalue weighted by Gasteiger charge is -2.36. The zero-order chi connectivity index (χ0) is 22.7. The molecule has 3 aliphatic rings. The molecule has 1 aromatic carbocycles. The first-order valence-electron chi connectivity index (χ1n) is 11.4. The summed E-state index contributed by atoms with van der Waals surface area (Å²) in [5.41, 5.74) is 2.65. The standard InChI is InChI=1S/C23H30N4O5/c28-20-8-7-19(22(31)24-20)27-15-16-14-17(5-6-18(16)23(27)32)26-12-10-25(11-13-26)9-3-1-2-4-21(29)30/h5-6,14,19H,1-4,7-13,15H2,(H,29,30)(H,24,28,31)/t19-/m0/s1. The van der Waals surface area contributed by atoms with Gasteiger partial charge in [0.1, 0.15) is 6.04 Å². The molecule has 0 aromatic heterocycles. The van der Waals surface area contributed by atoms with Crippen molar-refractivity contribution in [1.82, 2.24) is 15.1 Å². The number of imide groups is 1. The van der Waals surface area contributed by atoms with Crippen molar-refractivity contribution in [3.05, 3.63) is 29.3 Å². The van der Waals surface area contributed by atoms with E-state index in [-0.39, 0.29) is 30.6 Å². The van der Waals surface area contributed by atoms with Crippen LogP contribution in [0.25, 0.3) is 0 Å². The molecule has 0 radical (unpaired) electrons. The van der Waals surface area contributed by atoms with Gasteiger partial charge in [-0.05, 0) is 49.6 Å². The van der Waals surface area contributed by atoms with Crippen molar-refractivity contribution >= 4 is 29.4 Å². The van der Waals surface area contributed by atoms with Crippen LogP contribution in [-0.2, 0) is 20.9 Å². The van der Waals surface area contributed by atoms with Crippen molar-refractivity contribution in [2.24, 2.45) is 0 Å². The molecule has 0 unspecified atom stereocenters. The molecular formula is C23H30N4O5. The van der Waals surface area contributed by atoms with Crippen LogP contribution in [0.1, 0.15) is 54.4 Å². The Bertz CT molecular complexity index is 910. The number of nitrogens with one attached hydrogen (secondary N) is 1. The minimum atomic E-state index is -0.727. The molecule has 3 heterocycles. The van der Waals surface area contributed by atoms with Gasteiger partial charge in [-0.2, -0.15) is 0 Å². The number of rotatable bonds is 8. The van der Waals surface area contributed by atoms with Crippen LogP contribution in [0.3, 0.4) is 0 Å². The van der Waals surface area contributed by atoms with Gasteiger partial charge < -0.3 is 14.9 Å². The third-order valence-corrected chi connectivity index (χ3v) is 6.61. The molecule has 0 saturated carbocycles. The Morgan fingerprint density at radius 2 is 1.84 bits per heavy atom. The molecule has 32 heavy (non-hydrogen) atoms. The maximum atomic E-state index is 12.8. The van der Waals surface area contributed by atoms with Gasteiger partial charge in [-0.3, -0.25) is 29.4 Å². The number of carbonyl (C=O) groups is 4. The van der Waals surface area contributed by atoms with E-state index in [2.05, 4.69) is 21.2 Å². The lowest BCUT2D eigenvalue weighted by molar-refractivity contribution is -0.138. The van der Waals surface area contributed by atoms with Gasteiger partial charge >= 0.3 is 5.97 Å². The zero-order valence-corrected chi connectivity index (χ0v) is 18.2. The van der Waals surface area contributed by atoms with E-state index in [0.717, 1.165) is 63.2 Å². The molecule has 0 bridgehead atoms. The number of hydrogen-bond acceptors (Lipinski definition) is 6. The molecule has 3 aliphatic heterocycles. The SMILES string of the molecule is O=C(O)CCCCCN1CCN(c2ccc3c(c2)CN([C@H]2CCC(=O)NC2=O)C3=O)CC1. The summed E-state index contributed by atoms with van der Waals surface area (Å²) in [6, 6.07) is 5.30. The van der Waals surface area contributed by atoms with Gasteiger partial charge in [0.25, 0.3) is 5.91 Å². The number of nitrogens with zero attached hydrogens (tertiary/aromatic N) is 3. The molecule has 1 atom stereocenters. The first-order chi connectivity index (χ1) is 15.4. The van der Waals surface area contributed by atoms with E-state index < -0.39 is 12.0 Å². The van der Waals surface area contributed by atoms with Gasteiger partial charge in [0.15, 0.2) is 0 Å². The maximum Gasteiger partial charge on any atom is 0.303 e. The second-order valence-electron chi connectivity index (χ2n) is 8.77. The van der Waals surface area contributed by atoms with Crippen molar-refractivity contribution in [2.75, 3.05) is 37.6 Å². The second-order valence-corrected chi connectivity index (χ2v) is 8.77. The number of anilines is 1. The predicted octanol–water partition coefficient (Wildman–Crippen LogP) is 1.21. The molecule has 2 saturated heterocycles. The van der Waals surface area contributed by atoms with E-state index in [0.29, 0.717) is 18.5 Å². The summed E-state index contributed by atoms with van der Waals surface area (Å²) >= 11 is 0. The van der Waals surface area contributed by atoms with Crippen LogP contribution in [0.5, 0.6) is 0 Å². The van der Waals surface area contributed by atoms with Crippen LogP contribution in [0.4, 0.5) is 5.69 Å². The lowest BCUT2D eigenvalue weighted by atomic mass is 10.0. The third kappa shape index (κ3) is 4.93. The molecule has 9 nitrogen and oxygen atoms in total. The van der Waals surface area contributed by atoms with Crippen molar-refractivity contribution < 1.29 is 24.3 Å². The van der Waals surface area contributed by atoms with Gasteiger partial charge in [-0.1, -0.05) is 6.42 Å². The highest BCUT2D eigenvalue weighted by Gasteiger charge is 2.39. The van der Waals surface area contributed by atoms with Crippen LogP contribution in [0, 0.1) is 0 Å². The van der Waals surface area contributed by atoms with Gasteiger partial charge in [0.2, 0.25) is 11.8 Å². The Balaban J connectivity index is 1.30. The summed E-state index contributed by atoms with van der Waals surface area (Å²) < 4.78 is 0. The highest BCUT2D eigenvalue weighted by atomic mass is 16.4. The number of piperidine rings is 1. The number of carbonyl (C=O) groups excluding carboxylic acids is 3. The fraction of sp³-hybridized carbons (Fsp3) is 0.565. The van der Waals surface area contributed by atoms with E-state index in [1.165, 1.54) is 0 Å².